The number of amides is 2. The van der Waals surface area contributed by atoms with E-state index in [4.69, 9.17) is 21.1 Å². The summed E-state index contributed by atoms with van der Waals surface area (Å²) in [6.07, 6.45) is 5.65. The number of hydrogen-bond donors (Lipinski definition) is 2. The number of hydrogen-bond acceptors (Lipinski definition) is 7. The van der Waals surface area contributed by atoms with Crippen molar-refractivity contribution < 1.29 is 23.5 Å². The Balaban J connectivity index is 1.08. The van der Waals surface area contributed by atoms with Crippen LogP contribution in [0.15, 0.2) is 30.6 Å². The average molecular weight is 555 g/mol. The Morgan fingerprint density at radius 2 is 2.08 bits per heavy atom. The smallest absolute Gasteiger partial charge is 0.272 e. The van der Waals surface area contributed by atoms with Crippen LogP contribution in [0.2, 0.25) is 5.02 Å². The first-order valence-corrected chi connectivity index (χ1v) is 13.3. The summed E-state index contributed by atoms with van der Waals surface area (Å²) in [5, 5.41) is 10.4. The summed E-state index contributed by atoms with van der Waals surface area (Å²) >= 11 is 6.42. The molecule has 10 nitrogen and oxygen atoms in total. The molecule has 1 aliphatic carbocycles. The SMILES string of the molecule is COc1cc(-c2cc(C(=O)N3CC[C@H](C(=O)NCc4ncc(C5COC5)cc4Cl)CC34CC4)[nH]n2)c(F)cn1. The Morgan fingerprint density at radius 3 is 2.77 bits per heavy atom. The fourth-order valence-corrected chi connectivity index (χ4v) is 5.61. The van der Waals surface area contributed by atoms with E-state index in [-0.39, 0.29) is 52.6 Å². The van der Waals surface area contributed by atoms with Crippen LogP contribution >= 0.6 is 11.6 Å². The van der Waals surface area contributed by atoms with E-state index in [1.54, 1.807) is 6.20 Å². The Kier molecular flexibility index (Phi) is 6.72. The number of methoxy groups -OCH3 is 1. The first kappa shape index (κ1) is 25.7. The third-order valence-corrected chi connectivity index (χ3v) is 8.27. The first-order chi connectivity index (χ1) is 18.9. The molecule has 3 aromatic heterocycles. The third kappa shape index (κ3) is 4.96. The van der Waals surface area contributed by atoms with Crippen LogP contribution in [0.3, 0.4) is 0 Å². The molecule has 0 aromatic carbocycles. The van der Waals surface area contributed by atoms with Crippen LogP contribution in [0.5, 0.6) is 5.88 Å². The molecule has 5 heterocycles. The number of nitrogens with zero attached hydrogens (tertiary/aromatic N) is 4. The molecule has 0 unspecified atom stereocenters. The maximum absolute atomic E-state index is 14.3. The fraction of sp³-hybridized carbons (Fsp3) is 0.444. The summed E-state index contributed by atoms with van der Waals surface area (Å²) in [6.45, 7) is 2.05. The van der Waals surface area contributed by atoms with Gasteiger partial charge in [-0.05, 0) is 43.4 Å². The second kappa shape index (κ2) is 10.2. The van der Waals surface area contributed by atoms with Crippen LogP contribution in [0.1, 0.15) is 53.3 Å². The molecular weight excluding hydrogens is 527 g/mol. The number of aromatic amines is 1. The molecule has 1 saturated carbocycles. The highest BCUT2D eigenvalue weighted by Gasteiger charge is 2.54. The van der Waals surface area contributed by atoms with E-state index in [0.29, 0.717) is 49.2 Å². The van der Waals surface area contributed by atoms with E-state index < -0.39 is 5.82 Å². The Morgan fingerprint density at radius 1 is 1.26 bits per heavy atom. The number of carbonyl (C=O) groups excluding carboxylic acids is 2. The molecule has 1 atom stereocenters. The summed E-state index contributed by atoms with van der Waals surface area (Å²) in [7, 11) is 1.44. The highest BCUT2D eigenvalue weighted by molar-refractivity contribution is 6.31. The van der Waals surface area contributed by atoms with Gasteiger partial charge in [-0.1, -0.05) is 11.6 Å². The second-order valence-electron chi connectivity index (χ2n) is 10.4. The van der Waals surface area contributed by atoms with E-state index in [9.17, 15) is 14.0 Å². The topological polar surface area (TPSA) is 122 Å². The van der Waals surface area contributed by atoms with Crippen molar-refractivity contribution in [3.63, 3.8) is 0 Å². The van der Waals surface area contributed by atoms with Gasteiger partial charge in [0.05, 0.1) is 49.5 Å². The first-order valence-electron chi connectivity index (χ1n) is 12.9. The van der Waals surface area contributed by atoms with Crippen molar-refractivity contribution in [3.05, 3.63) is 58.4 Å². The lowest BCUT2D eigenvalue weighted by atomic mass is 9.88. The number of ether oxygens (including phenoxy) is 2. The number of carbonyl (C=O) groups is 2. The van der Waals surface area contributed by atoms with Gasteiger partial charge in [-0.3, -0.25) is 19.7 Å². The number of halogens is 2. The number of likely N-dealkylation sites (tertiary alicyclic amines) is 1. The molecule has 3 fully saturated rings. The molecule has 2 N–H and O–H groups in total. The van der Waals surface area contributed by atoms with Crippen LogP contribution in [0.4, 0.5) is 4.39 Å². The fourth-order valence-electron chi connectivity index (χ4n) is 5.37. The van der Waals surface area contributed by atoms with Crippen molar-refractivity contribution in [2.75, 3.05) is 26.9 Å². The number of H-pyrrole nitrogens is 1. The van der Waals surface area contributed by atoms with Gasteiger partial charge in [-0.25, -0.2) is 9.37 Å². The van der Waals surface area contributed by atoms with Crippen LogP contribution in [-0.2, 0) is 16.1 Å². The lowest BCUT2D eigenvalue weighted by Gasteiger charge is -2.39. The Bertz CT molecular complexity index is 1420. The number of aromatic nitrogens is 4. The van der Waals surface area contributed by atoms with Crippen LogP contribution in [-0.4, -0.2) is 69.3 Å². The second-order valence-corrected chi connectivity index (χ2v) is 10.8. The molecule has 12 heteroatoms. The molecule has 0 bridgehead atoms. The molecule has 2 saturated heterocycles. The van der Waals surface area contributed by atoms with Crippen LogP contribution in [0, 0.1) is 11.7 Å². The molecule has 1 spiro atoms. The van der Waals surface area contributed by atoms with Gasteiger partial charge in [-0.15, -0.1) is 0 Å². The molecule has 0 radical (unpaired) electrons. The zero-order valence-corrected chi connectivity index (χ0v) is 22.1. The molecule has 39 heavy (non-hydrogen) atoms. The van der Waals surface area contributed by atoms with Gasteiger partial charge >= 0.3 is 0 Å². The minimum absolute atomic E-state index is 0.0614. The zero-order valence-electron chi connectivity index (χ0n) is 21.4. The minimum atomic E-state index is -0.563. The molecule has 2 amide bonds. The molecule has 204 valence electrons. The van der Waals surface area contributed by atoms with Gasteiger partial charge in [0.15, 0.2) is 5.82 Å². The summed E-state index contributed by atoms with van der Waals surface area (Å²) in [4.78, 5) is 36.6. The predicted octanol–water partition coefficient (Wildman–Crippen LogP) is 3.48. The van der Waals surface area contributed by atoms with Crippen molar-refractivity contribution >= 4 is 23.4 Å². The summed E-state index contributed by atoms with van der Waals surface area (Å²) in [5.74, 6) is -0.467. The lowest BCUT2D eigenvalue weighted by Crippen LogP contribution is -2.50. The number of nitrogens with one attached hydrogen (secondary N) is 2. The van der Waals surface area contributed by atoms with Gasteiger partial charge in [0, 0.05) is 41.7 Å². The molecule has 2 aliphatic heterocycles. The van der Waals surface area contributed by atoms with Gasteiger partial charge in [0.2, 0.25) is 11.8 Å². The van der Waals surface area contributed by atoms with Crippen molar-refractivity contribution in [1.82, 2.24) is 30.4 Å². The Hall–Kier alpha value is -3.57. The monoisotopic (exact) mass is 554 g/mol. The number of piperidine rings is 1. The molecular formula is C27H28ClFN6O4. The van der Waals surface area contributed by atoms with Gasteiger partial charge in [0.1, 0.15) is 5.69 Å². The van der Waals surface area contributed by atoms with Crippen LogP contribution in [0.25, 0.3) is 11.3 Å². The summed E-state index contributed by atoms with van der Waals surface area (Å²) in [6, 6.07) is 4.87. The summed E-state index contributed by atoms with van der Waals surface area (Å²) < 4.78 is 24.7. The van der Waals surface area contributed by atoms with Crippen molar-refractivity contribution in [1.29, 1.82) is 0 Å². The quantitative estimate of drug-likeness (QED) is 0.458. The Labute approximate surface area is 229 Å². The third-order valence-electron chi connectivity index (χ3n) is 7.94. The van der Waals surface area contributed by atoms with E-state index in [1.165, 1.54) is 19.2 Å². The zero-order chi connectivity index (χ0) is 27.1. The van der Waals surface area contributed by atoms with Gasteiger partial charge in [0.25, 0.3) is 5.91 Å². The molecule has 6 rings (SSSR count). The standard InChI is InChI=1S/C27H28ClFN6O4/c1-38-24-7-18(20(29)11-31-24)21-8-22(34-33-21)26(37)35-5-2-15(9-27(35)3-4-27)25(36)32-12-23-19(28)6-16(10-30-23)17-13-39-14-17/h6-8,10-11,15,17H,2-5,9,12-14H2,1H3,(H,32,36)(H,33,34)/t15-/m0/s1. The highest BCUT2D eigenvalue weighted by atomic mass is 35.5. The average Bonchev–Trinajstić information content (AvgIpc) is 3.48. The molecule has 3 aliphatic rings. The van der Waals surface area contributed by atoms with Crippen LogP contribution < -0.4 is 10.1 Å². The highest BCUT2D eigenvalue weighted by Crippen LogP contribution is 2.50. The van der Waals surface area contributed by atoms with E-state index in [1.807, 2.05) is 11.0 Å². The largest absolute Gasteiger partial charge is 0.481 e. The summed E-state index contributed by atoms with van der Waals surface area (Å²) in [5.41, 5.74) is 2.07. The number of pyridine rings is 2. The van der Waals surface area contributed by atoms with E-state index >= 15 is 0 Å². The molecule has 3 aromatic rings. The number of rotatable bonds is 7. The van der Waals surface area contributed by atoms with E-state index in [2.05, 4.69) is 25.5 Å². The van der Waals surface area contributed by atoms with Crippen molar-refractivity contribution in [2.45, 2.75) is 43.7 Å². The maximum Gasteiger partial charge on any atom is 0.272 e. The van der Waals surface area contributed by atoms with Crippen molar-refractivity contribution in [2.24, 2.45) is 5.92 Å². The van der Waals surface area contributed by atoms with Crippen molar-refractivity contribution in [3.8, 4) is 17.1 Å². The van der Waals surface area contributed by atoms with E-state index in [0.717, 1.165) is 24.6 Å². The maximum atomic E-state index is 14.3. The normalized spacial score (nSPS) is 20.0. The van der Waals surface area contributed by atoms with Gasteiger partial charge in [-0.2, -0.15) is 5.10 Å². The lowest BCUT2D eigenvalue weighted by molar-refractivity contribution is -0.127. The van der Waals surface area contributed by atoms with Gasteiger partial charge < -0.3 is 19.7 Å². The minimum Gasteiger partial charge on any atom is -0.481 e. The predicted molar refractivity (Wildman–Crippen MR) is 139 cm³/mol.